The van der Waals surface area contributed by atoms with Crippen LogP contribution in [0.5, 0.6) is 11.5 Å². The molecule has 1 aliphatic heterocycles. The molecule has 37 heavy (non-hydrogen) atoms. The van der Waals surface area contributed by atoms with Gasteiger partial charge in [-0.2, -0.15) is 13.2 Å². The lowest BCUT2D eigenvalue weighted by Gasteiger charge is -2.28. The number of ether oxygens (including phenoxy) is 2. The van der Waals surface area contributed by atoms with E-state index in [9.17, 15) is 17.6 Å². The van der Waals surface area contributed by atoms with Gasteiger partial charge in [0.2, 0.25) is 0 Å². The van der Waals surface area contributed by atoms with Crippen molar-refractivity contribution in [3.8, 4) is 11.5 Å². The van der Waals surface area contributed by atoms with E-state index >= 15 is 0 Å². The molecule has 9 heteroatoms. The minimum atomic E-state index is -4.48. The fourth-order valence-corrected chi connectivity index (χ4v) is 4.19. The second-order valence-corrected chi connectivity index (χ2v) is 8.82. The first-order valence-corrected chi connectivity index (χ1v) is 12.0. The summed E-state index contributed by atoms with van der Waals surface area (Å²) in [5.74, 6) is 0.970. The van der Waals surface area contributed by atoms with Crippen LogP contribution in [0.25, 0.3) is 0 Å². The number of hydrogen-bond acceptors (Lipinski definition) is 5. The van der Waals surface area contributed by atoms with E-state index in [0.29, 0.717) is 48.8 Å². The molecule has 0 fully saturated rings. The third kappa shape index (κ3) is 6.80. The minimum Gasteiger partial charge on any atom is -0.490 e. The number of aryl methyl sites for hydroxylation is 1. The molecule has 0 spiro atoms. The lowest BCUT2D eigenvalue weighted by atomic mass is 9.95. The van der Waals surface area contributed by atoms with E-state index in [1.165, 1.54) is 24.4 Å². The number of alkyl halides is 3. The molecule has 196 valence electrons. The summed E-state index contributed by atoms with van der Waals surface area (Å²) in [5, 5.41) is 6.68. The number of pyridine rings is 1. The number of halogens is 4. The number of nitrogens with zero attached hydrogens (tertiary/aromatic N) is 1. The van der Waals surface area contributed by atoms with Gasteiger partial charge in [0.15, 0.2) is 11.5 Å². The SMILES string of the molecule is C=C(NC)[C@H](N[C@@H](CCc1ccc(C(F)(F)F)nc1)c1ccc2c(c1)OCCCO2)c1ccc(F)cc1. The highest BCUT2D eigenvalue weighted by atomic mass is 19.4. The summed E-state index contributed by atoms with van der Waals surface area (Å²) < 4.78 is 64.0. The van der Waals surface area contributed by atoms with Gasteiger partial charge in [0, 0.05) is 31.4 Å². The molecule has 2 atom stereocenters. The van der Waals surface area contributed by atoms with E-state index in [1.54, 1.807) is 19.2 Å². The first-order valence-electron chi connectivity index (χ1n) is 12.0. The number of nitrogens with one attached hydrogen (secondary N) is 2. The first kappa shape index (κ1) is 26.5. The summed E-state index contributed by atoms with van der Waals surface area (Å²) in [6, 6.07) is 13.7. The molecule has 4 rings (SSSR count). The summed E-state index contributed by atoms with van der Waals surface area (Å²) in [6.45, 7) is 5.24. The van der Waals surface area contributed by atoms with E-state index in [0.717, 1.165) is 23.6 Å². The highest BCUT2D eigenvalue weighted by Gasteiger charge is 2.32. The van der Waals surface area contributed by atoms with Gasteiger partial charge in [-0.3, -0.25) is 10.3 Å². The lowest BCUT2D eigenvalue weighted by molar-refractivity contribution is -0.141. The van der Waals surface area contributed by atoms with E-state index in [2.05, 4.69) is 22.2 Å². The van der Waals surface area contributed by atoms with Gasteiger partial charge in [-0.05, 0) is 59.9 Å². The summed E-state index contributed by atoms with van der Waals surface area (Å²) in [4.78, 5) is 3.59. The van der Waals surface area contributed by atoms with E-state index < -0.39 is 11.9 Å². The maximum atomic E-state index is 13.6. The van der Waals surface area contributed by atoms with E-state index in [4.69, 9.17) is 9.47 Å². The molecule has 3 aromatic rings. The van der Waals surface area contributed by atoms with Crippen LogP contribution in [-0.4, -0.2) is 25.2 Å². The van der Waals surface area contributed by atoms with Gasteiger partial charge >= 0.3 is 6.18 Å². The van der Waals surface area contributed by atoms with Crippen molar-refractivity contribution in [1.82, 2.24) is 15.6 Å². The Labute approximate surface area is 213 Å². The molecule has 2 N–H and O–H groups in total. The first-order chi connectivity index (χ1) is 17.7. The largest absolute Gasteiger partial charge is 0.490 e. The second kappa shape index (κ2) is 11.6. The summed E-state index contributed by atoms with van der Waals surface area (Å²) in [5.41, 5.74) is 2.18. The molecule has 5 nitrogen and oxygen atoms in total. The van der Waals surface area contributed by atoms with Crippen molar-refractivity contribution in [2.75, 3.05) is 20.3 Å². The molecule has 0 saturated carbocycles. The quantitative estimate of drug-likeness (QED) is 0.336. The normalized spacial score (nSPS) is 14.9. The molecule has 0 saturated heterocycles. The van der Waals surface area contributed by atoms with Crippen LogP contribution in [0, 0.1) is 5.82 Å². The number of benzene rings is 2. The van der Waals surface area contributed by atoms with Gasteiger partial charge < -0.3 is 14.8 Å². The van der Waals surface area contributed by atoms with Gasteiger partial charge in [-0.25, -0.2) is 4.39 Å². The van der Waals surface area contributed by atoms with Gasteiger partial charge in [0.25, 0.3) is 0 Å². The Morgan fingerprint density at radius 2 is 1.70 bits per heavy atom. The Hall–Kier alpha value is -3.59. The molecule has 1 aliphatic rings. The van der Waals surface area contributed by atoms with Crippen LogP contribution in [0.4, 0.5) is 17.6 Å². The molecule has 1 aromatic heterocycles. The molecule has 0 amide bonds. The van der Waals surface area contributed by atoms with E-state index in [-0.39, 0.29) is 17.9 Å². The van der Waals surface area contributed by atoms with Crippen molar-refractivity contribution in [2.24, 2.45) is 0 Å². The number of hydrogen-bond donors (Lipinski definition) is 2. The van der Waals surface area contributed by atoms with Crippen LogP contribution in [-0.2, 0) is 12.6 Å². The summed E-state index contributed by atoms with van der Waals surface area (Å²) in [6.07, 6.45) is -1.43. The number of likely N-dealkylation sites (N-methyl/N-ethyl adjacent to an activating group) is 1. The highest BCUT2D eigenvalue weighted by Crippen LogP contribution is 2.35. The molecule has 0 bridgehead atoms. The fourth-order valence-electron chi connectivity index (χ4n) is 4.19. The van der Waals surface area contributed by atoms with Crippen LogP contribution >= 0.6 is 0 Å². The number of aromatic nitrogens is 1. The monoisotopic (exact) mass is 515 g/mol. The Kier molecular flexibility index (Phi) is 8.33. The maximum Gasteiger partial charge on any atom is 0.433 e. The predicted octanol–water partition coefficient (Wildman–Crippen LogP) is 6.14. The van der Waals surface area contributed by atoms with Gasteiger partial charge in [0.1, 0.15) is 11.5 Å². The van der Waals surface area contributed by atoms with Crippen molar-refractivity contribution in [1.29, 1.82) is 0 Å². The summed E-state index contributed by atoms with van der Waals surface area (Å²) >= 11 is 0. The number of fused-ring (bicyclic) bond motifs is 1. The van der Waals surface area contributed by atoms with Crippen LogP contribution in [0.1, 0.15) is 47.3 Å². The Balaban J connectivity index is 1.62. The lowest BCUT2D eigenvalue weighted by Crippen LogP contribution is -2.31. The molecule has 0 aliphatic carbocycles. The van der Waals surface area contributed by atoms with Crippen LogP contribution in [0.2, 0.25) is 0 Å². The van der Waals surface area contributed by atoms with Gasteiger partial charge in [-0.1, -0.05) is 30.8 Å². The topological polar surface area (TPSA) is 55.4 Å². The molecular weight excluding hydrogens is 486 g/mol. The van der Waals surface area contributed by atoms with E-state index in [1.807, 2.05) is 18.2 Å². The Morgan fingerprint density at radius 3 is 2.35 bits per heavy atom. The van der Waals surface area contributed by atoms with Gasteiger partial charge in [-0.15, -0.1) is 0 Å². The van der Waals surface area contributed by atoms with Crippen molar-refractivity contribution in [2.45, 2.75) is 37.5 Å². The summed E-state index contributed by atoms with van der Waals surface area (Å²) in [7, 11) is 1.76. The Morgan fingerprint density at radius 1 is 1.00 bits per heavy atom. The smallest absolute Gasteiger partial charge is 0.433 e. The standard InChI is InChI=1S/C28H29F4N3O2/c1-18(33-2)27(20-6-9-22(29)10-7-20)35-23(11-4-19-5-13-26(34-17-19)28(30,31)32)21-8-12-24-25(16-21)37-15-3-14-36-24/h5-10,12-13,16-17,23,27,33,35H,1,3-4,11,14-15H2,2H3/t23-,27-/m0/s1. The Bertz CT molecular complexity index is 1200. The fraction of sp³-hybridized carbons (Fsp3) is 0.321. The third-order valence-electron chi connectivity index (χ3n) is 6.25. The molecule has 0 radical (unpaired) electrons. The predicted molar refractivity (Wildman–Crippen MR) is 133 cm³/mol. The second-order valence-electron chi connectivity index (χ2n) is 8.82. The third-order valence-corrected chi connectivity index (χ3v) is 6.25. The van der Waals surface area contributed by atoms with Crippen molar-refractivity contribution >= 4 is 0 Å². The highest BCUT2D eigenvalue weighted by molar-refractivity contribution is 5.44. The minimum absolute atomic E-state index is 0.250. The molecule has 2 aromatic carbocycles. The van der Waals surface area contributed by atoms with Crippen molar-refractivity contribution < 1.29 is 27.0 Å². The van der Waals surface area contributed by atoms with Crippen LogP contribution in [0.3, 0.4) is 0 Å². The zero-order chi connectivity index (χ0) is 26.4. The number of rotatable bonds is 9. The van der Waals surface area contributed by atoms with Crippen molar-refractivity contribution in [3.05, 3.63) is 101 Å². The zero-order valence-corrected chi connectivity index (χ0v) is 20.4. The molecule has 0 unspecified atom stereocenters. The average Bonchev–Trinajstić information content (AvgIpc) is 3.14. The van der Waals surface area contributed by atoms with Crippen molar-refractivity contribution in [3.63, 3.8) is 0 Å². The van der Waals surface area contributed by atoms with Crippen LogP contribution in [0.15, 0.2) is 73.1 Å². The maximum absolute atomic E-state index is 13.6. The molecule has 2 heterocycles. The van der Waals surface area contributed by atoms with Gasteiger partial charge in [0.05, 0.1) is 19.3 Å². The average molecular weight is 516 g/mol. The zero-order valence-electron chi connectivity index (χ0n) is 20.4. The van der Waals surface area contributed by atoms with Crippen LogP contribution < -0.4 is 20.1 Å². The molecular formula is C28H29F4N3O2.